The molecule has 4 nitrogen and oxygen atoms in total. The van der Waals surface area contributed by atoms with E-state index in [0.29, 0.717) is 0 Å². The maximum Gasteiger partial charge on any atom is 2.00 e. The van der Waals surface area contributed by atoms with Crippen molar-refractivity contribution >= 4 is 49.7 Å². The molecule has 0 aliphatic rings. The molecule has 204 valence electrons. The Morgan fingerprint density at radius 1 is 0.389 bits per heavy atom. The van der Waals surface area contributed by atoms with Crippen LogP contribution in [0.1, 0.15) is 181 Å². The zero-order valence-corrected chi connectivity index (χ0v) is 29.6. The van der Waals surface area contributed by atoms with Gasteiger partial charge in [-0.3, -0.25) is 0 Å². The fourth-order valence-electron chi connectivity index (χ4n) is 4.22. The van der Waals surface area contributed by atoms with Gasteiger partial charge in [-0.2, -0.15) is 0 Å². The number of carboxylic acid groups (broad SMARTS) is 2. The van der Waals surface area contributed by atoms with Crippen LogP contribution >= 0.6 is 0 Å². The summed E-state index contributed by atoms with van der Waals surface area (Å²) in [6.45, 7) is 4.49. The molecule has 0 aromatic carbocycles. The van der Waals surface area contributed by atoms with Crippen molar-refractivity contribution in [2.24, 2.45) is 0 Å². The molecule has 0 saturated heterocycles. The van der Waals surface area contributed by atoms with Gasteiger partial charge < -0.3 is 19.8 Å². The summed E-state index contributed by atoms with van der Waals surface area (Å²) in [5.74, 6) is -1.81. The number of unbranched alkanes of at least 4 members (excludes halogenated alkanes) is 22. The molecule has 0 amide bonds. The summed E-state index contributed by atoms with van der Waals surface area (Å²) < 4.78 is 0. The van der Waals surface area contributed by atoms with E-state index in [2.05, 4.69) is 13.8 Å². The Morgan fingerprint density at radius 3 is 0.722 bits per heavy atom. The Hall–Kier alpha value is 0.823. The zero-order valence-electron chi connectivity index (χ0n) is 24.4. The molecule has 0 N–H and O–H groups in total. The minimum atomic E-state index is -0.909. The third-order valence-corrected chi connectivity index (χ3v) is 6.47. The van der Waals surface area contributed by atoms with Crippen LogP contribution < -0.4 is 10.2 Å². The van der Waals surface area contributed by atoms with E-state index in [1.165, 1.54) is 128 Å². The standard InChI is InChI=1S/C18H36O2.C12H24O2.Ca.Zn/c1-2-3-4-5-6-7-8-9-10-11-12-13-14-15-16-17-18(19)20;1-2-3-4-5-6-7-8-9-10-11-12(13)14;;/h2-17H2,1H3,(H,19,20);2-11H2,1H3,(H,13,14);;/q;;2*+2/p-2. The van der Waals surface area contributed by atoms with Crippen molar-refractivity contribution in [3.8, 4) is 0 Å². The maximum absolute atomic E-state index is 10.2. The number of hydrogen-bond donors (Lipinski definition) is 0. The van der Waals surface area contributed by atoms with Crippen LogP contribution in [0.2, 0.25) is 0 Å². The molecule has 0 fully saturated rings. The molecule has 0 spiro atoms. The Labute approximate surface area is 267 Å². The first-order valence-electron chi connectivity index (χ1n) is 14.9. The Balaban J connectivity index is -0.000000285. The molecule has 0 bridgehead atoms. The van der Waals surface area contributed by atoms with Crippen molar-refractivity contribution in [2.75, 3.05) is 0 Å². The molecule has 0 aliphatic carbocycles. The Morgan fingerprint density at radius 2 is 0.556 bits per heavy atom. The van der Waals surface area contributed by atoms with E-state index in [1.54, 1.807) is 0 Å². The van der Waals surface area contributed by atoms with E-state index in [9.17, 15) is 19.8 Å². The predicted octanol–water partition coefficient (Wildman–Crippen LogP) is 7.27. The quantitative estimate of drug-likeness (QED) is 0.0787. The second-order valence-electron chi connectivity index (χ2n) is 10.0. The molecule has 0 atom stereocenters. The molecular formula is C30H58CaO4Zn+2. The molecule has 0 aliphatic heterocycles. The SMILES string of the molecule is CCCCCCCCCCCC(=O)[O-].CCCCCCCCCCCCCCCCCC(=O)[O-].[Ca+2].[Zn+2]. The topological polar surface area (TPSA) is 80.3 Å². The first-order chi connectivity index (χ1) is 16.5. The summed E-state index contributed by atoms with van der Waals surface area (Å²) in [6, 6.07) is 0. The summed E-state index contributed by atoms with van der Waals surface area (Å²) in [4.78, 5) is 20.3. The van der Waals surface area contributed by atoms with Gasteiger partial charge >= 0.3 is 57.2 Å². The molecule has 0 heterocycles. The van der Waals surface area contributed by atoms with E-state index in [0.717, 1.165) is 25.7 Å². The van der Waals surface area contributed by atoms with Gasteiger partial charge in [0.25, 0.3) is 0 Å². The van der Waals surface area contributed by atoms with Crippen molar-refractivity contribution in [3.05, 3.63) is 0 Å². The fourth-order valence-corrected chi connectivity index (χ4v) is 4.22. The second-order valence-corrected chi connectivity index (χ2v) is 10.0. The van der Waals surface area contributed by atoms with E-state index >= 15 is 0 Å². The van der Waals surface area contributed by atoms with Gasteiger partial charge in [-0.05, 0) is 25.7 Å². The summed E-state index contributed by atoms with van der Waals surface area (Å²) in [5.41, 5.74) is 0. The summed E-state index contributed by atoms with van der Waals surface area (Å²) >= 11 is 0. The fraction of sp³-hybridized carbons (Fsp3) is 0.933. The number of rotatable bonds is 26. The van der Waals surface area contributed by atoms with Gasteiger partial charge in [0.2, 0.25) is 0 Å². The van der Waals surface area contributed by atoms with Crippen molar-refractivity contribution < 1.29 is 39.3 Å². The minimum Gasteiger partial charge on any atom is -0.550 e. The second kappa shape index (κ2) is 40.3. The summed E-state index contributed by atoms with van der Waals surface area (Å²) in [6.07, 6.45) is 31.0. The maximum atomic E-state index is 10.2. The average molecular weight is 588 g/mol. The van der Waals surface area contributed by atoms with Gasteiger partial charge in [-0.25, -0.2) is 0 Å². The van der Waals surface area contributed by atoms with Crippen LogP contribution in [0.25, 0.3) is 0 Å². The largest absolute Gasteiger partial charge is 2.00 e. The number of aliphatic carboxylic acids is 2. The Kier molecular flexibility index (Phi) is 49.1. The molecule has 0 saturated carbocycles. The van der Waals surface area contributed by atoms with Crippen molar-refractivity contribution in [3.63, 3.8) is 0 Å². The third-order valence-electron chi connectivity index (χ3n) is 6.47. The first kappa shape index (κ1) is 43.9. The van der Waals surface area contributed by atoms with E-state index in [-0.39, 0.29) is 70.1 Å². The van der Waals surface area contributed by atoms with Crippen molar-refractivity contribution in [1.82, 2.24) is 0 Å². The monoisotopic (exact) mass is 586 g/mol. The van der Waals surface area contributed by atoms with E-state index in [1.807, 2.05) is 0 Å². The molecule has 6 heteroatoms. The summed E-state index contributed by atoms with van der Waals surface area (Å²) in [7, 11) is 0. The van der Waals surface area contributed by atoms with Crippen LogP contribution in [0.15, 0.2) is 0 Å². The predicted molar refractivity (Wildman–Crippen MR) is 147 cm³/mol. The molecule has 0 rings (SSSR count). The smallest absolute Gasteiger partial charge is 0.550 e. The van der Waals surface area contributed by atoms with Crippen molar-refractivity contribution in [1.29, 1.82) is 0 Å². The van der Waals surface area contributed by atoms with Crippen molar-refractivity contribution in [2.45, 2.75) is 181 Å². The number of carbonyl (C=O) groups excluding carboxylic acids is 2. The van der Waals surface area contributed by atoms with Gasteiger partial charge in [-0.1, -0.05) is 155 Å². The molecular weight excluding hydrogens is 530 g/mol. The molecule has 0 aromatic rings. The third kappa shape index (κ3) is 48.0. The van der Waals surface area contributed by atoms with Crippen LogP contribution in [0.3, 0.4) is 0 Å². The molecule has 36 heavy (non-hydrogen) atoms. The van der Waals surface area contributed by atoms with E-state index < -0.39 is 11.9 Å². The number of carbonyl (C=O) groups is 2. The normalized spacial score (nSPS) is 10.1. The molecule has 0 unspecified atom stereocenters. The minimum absolute atomic E-state index is 0. The summed E-state index contributed by atoms with van der Waals surface area (Å²) in [5, 5.41) is 20.3. The van der Waals surface area contributed by atoms with Gasteiger partial charge in [-0.15, -0.1) is 0 Å². The van der Waals surface area contributed by atoms with Gasteiger partial charge in [0.1, 0.15) is 0 Å². The average Bonchev–Trinajstić information content (AvgIpc) is 2.80. The van der Waals surface area contributed by atoms with E-state index in [4.69, 9.17) is 0 Å². The number of carboxylic acids is 2. The van der Waals surface area contributed by atoms with Crippen LogP contribution in [-0.4, -0.2) is 49.7 Å². The first-order valence-corrected chi connectivity index (χ1v) is 14.9. The molecule has 0 radical (unpaired) electrons. The zero-order chi connectivity index (χ0) is 25.5. The van der Waals surface area contributed by atoms with Gasteiger partial charge in [0.15, 0.2) is 0 Å². The van der Waals surface area contributed by atoms with Crippen LogP contribution in [0.4, 0.5) is 0 Å². The van der Waals surface area contributed by atoms with Gasteiger partial charge in [0, 0.05) is 11.9 Å². The van der Waals surface area contributed by atoms with Gasteiger partial charge in [0.05, 0.1) is 0 Å². The molecule has 0 aromatic heterocycles. The number of hydrogen-bond acceptors (Lipinski definition) is 4. The Bertz CT molecular complexity index is 422. The van der Waals surface area contributed by atoms with Crippen LogP contribution in [-0.2, 0) is 29.1 Å². The van der Waals surface area contributed by atoms with Crippen LogP contribution in [0, 0.1) is 0 Å². The van der Waals surface area contributed by atoms with Crippen LogP contribution in [0.5, 0.6) is 0 Å².